The fourth-order valence-corrected chi connectivity index (χ4v) is 5.60. The van der Waals surface area contributed by atoms with E-state index in [1.807, 2.05) is 0 Å². The van der Waals surface area contributed by atoms with Crippen molar-refractivity contribution in [1.82, 2.24) is 9.97 Å². The molecule has 14 heteroatoms. The summed E-state index contributed by atoms with van der Waals surface area (Å²) in [5.41, 5.74) is -1.57. The predicted octanol–water partition coefficient (Wildman–Crippen LogP) is 6.93. The number of aromatic nitrogens is 2. The minimum absolute atomic E-state index is 0.0429. The van der Waals surface area contributed by atoms with Gasteiger partial charge < -0.3 is 24.1 Å². The van der Waals surface area contributed by atoms with Gasteiger partial charge in [0.1, 0.15) is 35.4 Å². The van der Waals surface area contributed by atoms with E-state index in [-0.39, 0.29) is 47.4 Å². The number of carbonyl (C=O) groups excluding carboxylic acids is 3. The molecule has 3 aromatic rings. The molecular weight excluding hydrogens is 625 g/mol. The first-order valence-corrected chi connectivity index (χ1v) is 15.7. The minimum atomic E-state index is -0.913. The zero-order valence-electron chi connectivity index (χ0n) is 28.6. The van der Waals surface area contributed by atoms with Crippen molar-refractivity contribution >= 4 is 46.2 Å². The Kier molecular flexibility index (Phi) is 8.93. The van der Waals surface area contributed by atoms with Gasteiger partial charge in [0.2, 0.25) is 5.88 Å². The topological polar surface area (TPSA) is 161 Å². The molecule has 13 nitrogen and oxygen atoms in total. The summed E-state index contributed by atoms with van der Waals surface area (Å²) < 4.78 is 38.8. The van der Waals surface area contributed by atoms with Crippen LogP contribution in [0.25, 0.3) is 21.9 Å². The number of ether oxygens (including phenoxy) is 4. The highest BCUT2D eigenvalue weighted by Gasteiger charge is 2.49. The Bertz CT molecular complexity index is 1780. The first-order chi connectivity index (χ1) is 22.2. The van der Waals surface area contributed by atoms with Crippen LogP contribution in [-0.4, -0.2) is 69.4 Å². The predicted molar refractivity (Wildman–Crippen MR) is 177 cm³/mol. The van der Waals surface area contributed by atoms with Gasteiger partial charge in [-0.15, -0.1) is 0 Å². The maximum absolute atomic E-state index is 16.6. The maximum Gasteiger partial charge on any atom is 0.415 e. The van der Waals surface area contributed by atoms with Gasteiger partial charge in [0, 0.05) is 41.2 Å². The van der Waals surface area contributed by atoms with Crippen molar-refractivity contribution < 1.29 is 42.8 Å². The van der Waals surface area contributed by atoms with Gasteiger partial charge in [-0.25, -0.2) is 28.7 Å². The molecule has 1 saturated carbocycles. The molecule has 0 radical (unpaired) electrons. The van der Waals surface area contributed by atoms with Crippen molar-refractivity contribution in [2.45, 2.75) is 91.6 Å². The van der Waals surface area contributed by atoms with Crippen molar-refractivity contribution in [3.63, 3.8) is 0 Å². The van der Waals surface area contributed by atoms with Gasteiger partial charge in [-0.1, -0.05) is 6.92 Å². The molecular formula is C34H42FN5O8. The largest absolute Gasteiger partial charge is 0.474 e. The van der Waals surface area contributed by atoms with E-state index in [1.165, 1.54) is 29.4 Å². The second kappa shape index (κ2) is 12.4. The van der Waals surface area contributed by atoms with Gasteiger partial charge in [-0.3, -0.25) is 15.5 Å². The normalized spacial score (nSPS) is 20.6. The molecule has 258 valence electrons. The van der Waals surface area contributed by atoms with E-state index in [2.05, 4.69) is 20.6 Å². The highest BCUT2D eigenvalue weighted by Crippen LogP contribution is 2.43. The van der Waals surface area contributed by atoms with Crippen LogP contribution in [0.3, 0.4) is 0 Å². The van der Waals surface area contributed by atoms with Crippen molar-refractivity contribution in [2.24, 2.45) is 5.92 Å². The van der Waals surface area contributed by atoms with Crippen LogP contribution in [0.4, 0.5) is 36.0 Å². The summed E-state index contributed by atoms with van der Waals surface area (Å²) in [5, 5.41) is 16.0. The molecule has 3 heterocycles. The first kappa shape index (κ1) is 34.6. The van der Waals surface area contributed by atoms with Crippen LogP contribution in [-0.2, 0) is 14.2 Å². The lowest BCUT2D eigenvalue weighted by atomic mass is 9.69. The SMILES string of the molecule is Cc1c(-c2cc3cc(NC(=O)O[C@@H]4C[C@](C)(O)[C@@H]4C)ncc3c(NC(=O)OC(C)(C)C)c2F)cnc2c1N(C(=O)OC(C)(C)C)CCO2. The molecule has 3 N–H and O–H groups in total. The first-order valence-electron chi connectivity index (χ1n) is 15.7. The molecule has 0 bridgehead atoms. The van der Waals surface area contributed by atoms with E-state index in [4.69, 9.17) is 18.9 Å². The number of amides is 3. The zero-order valence-corrected chi connectivity index (χ0v) is 28.6. The van der Waals surface area contributed by atoms with Crippen LogP contribution in [0, 0.1) is 18.7 Å². The lowest BCUT2D eigenvalue weighted by Gasteiger charge is -2.46. The summed E-state index contributed by atoms with van der Waals surface area (Å²) in [7, 11) is 0. The quantitative estimate of drug-likeness (QED) is 0.249. The van der Waals surface area contributed by atoms with Gasteiger partial charge in [0.25, 0.3) is 0 Å². The fraction of sp³-hybridized carbons (Fsp3) is 0.500. The lowest BCUT2D eigenvalue weighted by Crippen LogP contribution is -2.55. The molecule has 3 amide bonds. The number of hydrogen-bond acceptors (Lipinski definition) is 10. The highest BCUT2D eigenvalue weighted by atomic mass is 19.1. The zero-order chi connectivity index (χ0) is 35.3. The molecule has 5 rings (SSSR count). The van der Waals surface area contributed by atoms with E-state index in [0.29, 0.717) is 28.6 Å². The van der Waals surface area contributed by atoms with Crippen molar-refractivity contribution in [3.05, 3.63) is 35.9 Å². The molecule has 0 saturated heterocycles. The molecule has 1 aliphatic heterocycles. The number of hydrogen-bond donors (Lipinski definition) is 3. The molecule has 2 aromatic heterocycles. The second-order valence-corrected chi connectivity index (χ2v) is 14.4. The van der Waals surface area contributed by atoms with Crippen LogP contribution >= 0.6 is 0 Å². The Hall–Kier alpha value is -4.72. The Morgan fingerprint density at radius 2 is 1.71 bits per heavy atom. The van der Waals surface area contributed by atoms with Gasteiger partial charge in [0.15, 0.2) is 5.82 Å². The average molecular weight is 668 g/mol. The summed E-state index contributed by atoms with van der Waals surface area (Å²) in [6.45, 7) is 15.9. The Balaban J connectivity index is 1.57. The molecule has 1 aromatic carbocycles. The summed E-state index contributed by atoms with van der Waals surface area (Å²) in [5.74, 6) is -0.744. The molecule has 3 atom stereocenters. The summed E-state index contributed by atoms with van der Waals surface area (Å²) in [6.07, 6.45) is 0.336. The third kappa shape index (κ3) is 7.23. The Morgan fingerprint density at radius 3 is 2.33 bits per heavy atom. The summed E-state index contributed by atoms with van der Waals surface area (Å²) >= 11 is 0. The number of halogens is 1. The monoisotopic (exact) mass is 667 g/mol. The van der Waals surface area contributed by atoms with Crippen molar-refractivity contribution in [3.8, 4) is 17.0 Å². The molecule has 0 spiro atoms. The van der Waals surface area contributed by atoms with E-state index >= 15 is 4.39 Å². The second-order valence-electron chi connectivity index (χ2n) is 14.4. The smallest absolute Gasteiger partial charge is 0.415 e. The Labute approximate surface area is 278 Å². The molecule has 0 unspecified atom stereocenters. The van der Waals surface area contributed by atoms with E-state index in [9.17, 15) is 19.5 Å². The van der Waals surface area contributed by atoms with Gasteiger partial charge >= 0.3 is 18.3 Å². The van der Waals surface area contributed by atoms with Crippen molar-refractivity contribution in [1.29, 1.82) is 0 Å². The molecule has 1 aliphatic carbocycles. The number of aliphatic hydroxyl groups is 1. The average Bonchev–Trinajstić information content (AvgIpc) is 2.96. The number of nitrogens with zero attached hydrogens (tertiary/aromatic N) is 3. The number of nitrogens with one attached hydrogen (secondary N) is 2. The molecule has 1 fully saturated rings. The van der Waals surface area contributed by atoms with Gasteiger partial charge in [0.05, 0.1) is 17.8 Å². The molecule has 2 aliphatic rings. The summed E-state index contributed by atoms with van der Waals surface area (Å²) in [6, 6.07) is 3.05. The van der Waals surface area contributed by atoms with Crippen LogP contribution in [0.15, 0.2) is 24.5 Å². The van der Waals surface area contributed by atoms with Crippen LogP contribution in [0.1, 0.15) is 67.4 Å². The standard InChI is InChI=1S/C34H42FN5O8/c1-17-21(15-37-28-27(17)40(10-11-45-28)31(43)48-33(6,7)8)20-12-19-13-24(38-29(41)46-23-14-34(9,44)18(23)2)36-16-22(19)26(25(20)35)39-30(42)47-32(3,4)5/h12-13,15-16,18,23,44H,10-11,14H2,1-9H3,(H,39,42)(H,36,38,41)/t18-,23-,34+/m1/s1. The number of pyridine rings is 2. The van der Waals surface area contributed by atoms with E-state index in [0.717, 1.165) is 0 Å². The maximum atomic E-state index is 16.6. The third-order valence-corrected chi connectivity index (χ3v) is 8.23. The lowest BCUT2D eigenvalue weighted by molar-refractivity contribution is -0.153. The minimum Gasteiger partial charge on any atom is -0.474 e. The van der Waals surface area contributed by atoms with Crippen molar-refractivity contribution in [2.75, 3.05) is 28.7 Å². The molecule has 48 heavy (non-hydrogen) atoms. The highest BCUT2D eigenvalue weighted by molar-refractivity contribution is 6.05. The van der Waals surface area contributed by atoms with E-state index < -0.39 is 47.0 Å². The summed E-state index contributed by atoms with van der Waals surface area (Å²) in [4.78, 5) is 48.9. The number of anilines is 3. The van der Waals surface area contributed by atoms with E-state index in [1.54, 1.807) is 62.3 Å². The van der Waals surface area contributed by atoms with Gasteiger partial charge in [-0.05, 0) is 78.5 Å². The number of fused-ring (bicyclic) bond motifs is 2. The van der Waals surface area contributed by atoms with Gasteiger partial charge in [-0.2, -0.15) is 0 Å². The van der Waals surface area contributed by atoms with Crippen LogP contribution < -0.4 is 20.3 Å². The third-order valence-electron chi connectivity index (χ3n) is 8.23. The fourth-order valence-electron chi connectivity index (χ4n) is 5.60. The number of carbonyl (C=O) groups is 3. The van der Waals surface area contributed by atoms with Crippen LogP contribution in [0.5, 0.6) is 5.88 Å². The van der Waals surface area contributed by atoms with Crippen LogP contribution in [0.2, 0.25) is 0 Å². The Morgan fingerprint density at radius 1 is 1.02 bits per heavy atom. The number of benzene rings is 1. The number of rotatable bonds is 4.